The van der Waals surface area contributed by atoms with Crippen LogP contribution >= 0.6 is 0 Å². The normalized spacial score (nSPS) is 12.7. The summed E-state index contributed by atoms with van der Waals surface area (Å²) in [5.74, 6) is 0. The number of benzene rings is 8. The lowest BCUT2D eigenvalue weighted by Gasteiger charge is -2.15. The maximum atomic E-state index is 10.2. The van der Waals surface area contributed by atoms with Gasteiger partial charge in [0.05, 0.1) is 6.61 Å². The summed E-state index contributed by atoms with van der Waals surface area (Å²) < 4.78 is 0. The molecule has 0 radical (unpaired) electrons. The van der Waals surface area contributed by atoms with Gasteiger partial charge in [0.15, 0.2) is 0 Å². The van der Waals surface area contributed by atoms with Crippen LogP contribution in [-0.4, -0.2) is 5.11 Å². The van der Waals surface area contributed by atoms with Crippen LogP contribution in [0.5, 0.6) is 0 Å². The quantitative estimate of drug-likeness (QED) is 0.182. The number of aryl methyl sites for hydroxylation is 2. The van der Waals surface area contributed by atoms with Gasteiger partial charge >= 0.3 is 0 Å². The Morgan fingerprint density at radius 3 is 2.03 bits per heavy atom. The van der Waals surface area contributed by atoms with Gasteiger partial charge in [0.25, 0.3) is 0 Å². The molecule has 0 fully saturated rings. The van der Waals surface area contributed by atoms with Gasteiger partial charge in [-0.1, -0.05) is 72.8 Å². The molecule has 0 unspecified atom stereocenters. The van der Waals surface area contributed by atoms with E-state index >= 15 is 0 Å². The minimum absolute atomic E-state index is 0.0637. The average Bonchev–Trinajstić information content (AvgIpc) is 3.22. The summed E-state index contributed by atoms with van der Waals surface area (Å²) in [6, 6.07) is 34.4. The van der Waals surface area contributed by atoms with Crippen molar-refractivity contribution in [3.8, 4) is 22.3 Å². The zero-order chi connectivity index (χ0) is 25.3. The monoisotopic (exact) mass is 484 g/mol. The third kappa shape index (κ3) is 2.41. The van der Waals surface area contributed by atoms with Gasteiger partial charge < -0.3 is 5.11 Å². The van der Waals surface area contributed by atoms with Crippen LogP contribution in [0.15, 0.2) is 91.0 Å². The first-order valence-corrected chi connectivity index (χ1v) is 13.4. The fourth-order valence-electron chi connectivity index (χ4n) is 7.38. The number of rotatable bonds is 1. The Morgan fingerprint density at radius 2 is 1.18 bits per heavy atom. The van der Waals surface area contributed by atoms with Crippen molar-refractivity contribution in [2.75, 3.05) is 0 Å². The van der Waals surface area contributed by atoms with Crippen LogP contribution in [0, 0.1) is 13.8 Å². The summed E-state index contributed by atoms with van der Waals surface area (Å²) in [6.45, 7) is 4.35. The van der Waals surface area contributed by atoms with Gasteiger partial charge in [-0.25, -0.2) is 0 Å². The first kappa shape index (κ1) is 20.6. The number of fused-ring (bicyclic) bond motifs is 7. The van der Waals surface area contributed by atoms with Crippen LogP contribution in [0.1, 0.15) is 16.7 Å². The molecule has 0 atom stereocenters. The van der Waals surface area contributed by atoms with E-state index in [1.54, 1.807) is 0 Å². The molecule has 1 nitrogen and oxygen atoms in total. The van der Waals surface area contributed by atoms with Crippen molar-refractivity contribution in [3.05, 3.63) is 108 Å². The molecular formula is C37H24O. The Balaban J connectivity index is 1.43. The molecule has 0 aromatic heterocycles. The van der Waals surface area contributed by atoms with Crippen LogP contribution in [0.2, 0.25) is 0 Å². The van der Waals surface area contributed by atoms with E-state index in [0.29, 0.717) is 0 Å². The predicted octanol–water partition coefficient (Wildman–Crippen LogP) is 9.80. The van der Waals surface area contributed by atoms with Gasteiger partial charge in [-0.15, -0.1) is 0 Å². The van der Waals surface area contributed by atoms with Crippen molar-refractivity contribution >= 4 is 64.6 Å². The largest absolute Gasteiger partial charge is 0.392 e. The molecule has 1 N–H and O–H groups in total. The van der Waals surface area contributed by atoms with Gasteiger partial charge in [0.2, 0.25) is 0 Å². The molecular weight excluding hydrogens is 460 g/mol. The third-order valence-corrected chi connectivity index (χ3v) is 9.05. The average molecular weight is 485 g/mol. The number of aliphatic hydroxyl groups excluding tert-OH is 1. The lowest BCUT2D eigenvalue weighted by molar-refractivity contribution is 0.282. The Hall–Kier alpha value is -4.46. The fraction of sp³-hybridized carbons (Fsp3) is 0.0811. The summed E-state index contributed by atoms with van der Waals surface area (Å²) in [6.07, 6.45) is 0. The topological polar surface area (TPSA) is 20.2 Å². The Labute approximate surface area is 219 Å². The highest BCUT2D eigenvalue weighted by molar-refractivity contribution is 6.32. The van der Waals surface area contributed by atoms with E-state index in [1.165, 1.54) is 92.5 Å². The van der Waals surface area contributed by atoms with Crippen molar-refractivity contribution in [2.45, 2.75) is 20.5 Å². The molecule has 0 saturated carbocycles. The molecule has 1 heteroatoms. The highest BCUT2D eigenvalue weighted by Gasteiger charge is 2.25. The van der Waals surface area contributed by atoms with Gasteiger partial charge in [-0.2, -0.15) is 0 Å². The third-order valence-electron chi connectivity index (χ3n) is 9.05. The summed E-state index contributed by atoms with van der Waals surface area (Å²) in [5, 5.41) is 25.8. The van der Waals surface area contributed by atoms with Crippen molar-refractivity contribution in [2.24, 2.45) is 0 Å². The zero-order valence-corrected chi connectivity index (χ0v) is 21.3. The summed E-state index contributed by atoms with van der Waals surface area (Å²) >= 11 is 0. The van der Waals surface area contributed by atoms with Crippen LogP contribution in [0.4, 0.5) is 0 Å². The highest BCUT2D eigenvalue weighted by Crippen LogP contribution is 2.51. The minimum Gasteiger partial charge on any atom is -0.392 e. The van der Waals surface area contributed by atoms with E-state index in [2.05, 4.69) is 105 Å². The van der Waals surface area contributed by atoms with Crippen molar-refractivity contribution < 1.29 is 5.11 Å². The molecule has 0 heterocycles. The van der Waals surface area contributed by atoms with Gasteiger partial charge in [-0.3, -0.25) is 0 Å². The molecule has 0 saturated heterocycles. The molecule has 8 aromatic carbocycles. The molecule has 1 aliphatic rings. The summed E-state index contributed by atoms with van der Waals surface area (Å²) in [7, 11) is 0. The van der Waals surface area contributed by atoms with Crippen LogP contribution in [-0.2, 0) is 6.61 Å². The smallest absolute Gasteiger partial charge is 0.0690 e. The Kier molecular flexibility index (Phi) is 3.73. The number of hydrogen-bond acceptors (Lipinski definition) is 1. The molecule has 0 amide bonds. The molecule has 1 aliphatic carbocycles. The lowest BCUT2D eigenvalue weighted by Crippen LogP contribution is -1.93. The van der Waals surface area contributed by atoms with Crippen molar-refractivity contribution in [1.29, 1.82) is 0 Å². The standard InChI is InChI=1S/C37H24O/c1-19-12-31-29-15-23-9-10-25-26-11-8-22-5-3-4-21-6-7-24(36(26)35(21)22)16-28(25)27(23)17-30(29)33-14-20(2)34(18-38)32(13-19)37(31)33/h3-17,38H,18H2,1-2H3. The fourth-order valence-corrected chi connectivity index (χ4v) is 7.38. The lowest BCUT2D eigenvalue weighted by atomic mass is 9.88. The van der Waals surface area contributed by atoms with Gasteiger partial charge in [0, 0.05) is 0 Å². The van der Waals surface area contributed by atoms with Crippen molar-refractivity contribution in [3.63, 3.8) is 0 Å². The zero-order valence-electron chi connectivity index (χ0n) is 21.3. The minimum atomic E-state index is 0.0637. The number of hydrogen-bond donors (Lipinski definition) is 1. The van der Waals surface area contributed by atoms with E-state index in [9.17, 15) is 5.11 Å². The predicted molar refractivity (Wildman–Crippen MR) is 162 cm³/mol. The van der Waals surface area contributed by atoms with E-state index < -0.39 is 0 Å². The molecule has 0 spiro atoms. The Morgan fingerprint density at radius 1 is 0.474 bits per heavy atom. The van der Waals surface area contributed by atoms with Crippen LogP contribution < -0.4 is 0 Å². The van der Waals surface area contributed by atoms with E-state index in [0.717, 1.165) is 11.1 Å². The second-order valence-electron chi connectivity index (χ2n) is 11.1. The van der Waals surface area contributed by atoms with E-state index in [1.807, 2.05) is 0 Å². The van der Waals surface area contributed by atoms with Crippen molar-refractivity contribution in [1.82, 2.24) is 0 Å². The number of aliphatic hydroxyl groups is 1. The molecule has 0 aliphatic heterocycles. The van der Waals surface area contributed by atoms with Crippen LogP contribution in [0.25, 0.3) is 86.9 Å². The van der Waals surface area contributed by atoms with Gasteiger partial charge in [-0.05, 0) is 136 Å². The molecule has 178 valence electrons. The maximum Gasteiger partial charge on any atom is 0.0690 e. The SMILES string of the molecule is Cc1cc2c3c(cc(C)c(CO)c3c1)-c1cc3c(ccc4c3cc3ccc5cccc6ccc4c3c56)cc1-2. The second-order valence-corrected chi connectivity index (χ2v) is 11.1. The first-order chi connectivity index (χ1) is 18.6. The molecule has 0 bridgehead atoms. The molecule has 38 heavy (non-hydrogen) atoms. The molecule has 9 rings (SSSR count). The first-order valence-electron chi connectivity index (χ1n) is 13.4. The summed E-state index contributed by atoms with van der Waals surface area (Å²) in [4.78, 5) is 0. The Bertz CT molecular complexity index is 2320. The van der Waals surface area contributed by atoms with E-state index in [-0.39, 0.29) is 6.61 Å². The maximum absolute atomic E-state index is 10.2. The second kappa shape index (κ2) is 6.89. The highest BCUT2D eigenvalue weighted by atomic mass is 16.3. The van der Waals surface area contributed by atoms with Gasteiger partial charge in [0.1, 0.15) is 0 Å². The van der Waals surface area contributed by atoms with E-state index in [4.69, 9.17) is 0 Å². The molecule has 8 aromatic rings. The van der Waals surface area contributed by atoms with Crippen LogP contribution in [0.3, 0.4) is 0 Å². The summed E-state index contributed by atoms with van der Waals surface area (Å²) in [5.41, 5.74) is 8.60.